The SMILES string of the molecule is N#CCNCCS(=O)(=O)O. The third kappa shape index (κ3) is 7.36. The van der Waals surface area contributed by atoms with Gasteiger partial charge in [-0.3, -0.25) is 4.55 Å². The van der Waals surface area contributed by atoms with E-state index < -0.39 is 10.1 Å². The van der Waals surface area contributed by atoms with Crippen LogP contribution in [0.3, 0.4) is 0 Å². The second-order valence-electron chi connectivity index (χ2n) is 1.62. The van der Waals surface area contributed by atoms with E-state index in [9.17, 15) is 8.42 Å². The lowest BCUT2D eigenvalue weighted by atomic mass is 10.6. The molecule has 0 aliphatic heterocycles. The first-order valence-electron chi connectivity index (χ1n) is 2.59. The molecule has 0 unspecified atom stereocenters. The summed E-state index contributed by atoms with van der Waals surface area (Å²) in [6, 6.07) is 1.77. The number of hydrogen-bond acceptors (Lipinski definition) is 4. The number of nitriles is 1. The van der Waals surface area contributed by atoms with Crippen molar-refractivity contribution in [3.63, 3.8) is 0 Å². The molecular formula is C4H8N2O3S. The van der Waals surface area contributed by atoms with E-state index in [0.717, 1.165) is 0 Å². The highest BCUT2D eigenvalue weighted by molar-refractivity contribution is 7.85. The predicted octanol–water partition coefficient (Wildman–Crippen LogP) is -1.01. The standard InChI is InChI=1S/C4H8N2O3S/c5-1-2-6-3-4-10(7,8)9/h6H,2-4H2,(H,7,8,9). The average Bonchev–Trinajstić information content (AvgIpc) is 1.78. The van der Waals surface area contributed by atoms with Gasteiger partial charge in [0.15, 0.2) is 0 Å². The van der Waals surface area contributed by atoms with Gasteiger partial charge in [-0.15, -0.1) is 0 Å². The lowest BCUT2D eigenvalue weighted by Gasteiger charge is -1.95. The highest BCUT2D eigenvalue weighted by Crippen LogP contribution is 1.77. The Bertz CT molecular complexity index is 215. The molecule has 0 aromatic carbocycles. The van der Waals surface area contributed by atoms with Crippen LogP contribution in [-0.4, -0.2) is 31.8 Å². The first-order valence-corrected chi connectivity index (χ1v) is 4.20. The maximum absolute atomic E-state index is 10.0. The molecule has 5 nitrogen and oxygen atoms in total. The molecule has 0 saturated carbocycles. The molecule has 0 rings (SSSR count). The fourth-order valence-corrected chi connectivity index (χ4v) is 0.748. The molecule has 0 aromatic rings. The lowest BCUT2D eigenvalue weighted by molar-refractivity contribution is 0.481. The van der Waals surface area contributed by atoms with Crippen molar-refractivity contribution < 1.29 is 13.0 Å². The minimum Gasteiger partial charge on any atom is -0.303 e. The van der Waals surface area contributed by atoms with Gasteiger partial charge in [0.25, 0.3) is 10.1 Å². The molecule has 0 aliphatic carbocycles. The average molecular weight is 164 g/mol. The largest absolute Gasteiger partial charge is 0.303 e. The monoisotopic (exact) mass is 164 g/mol. The molecule has 0 fully saturated rings. The summed E-state index contributed by atoms with van der Waals surface area (Å²) >= 11 is 0. The van der Waals surface area contributed by atoms with Crippen LogP contribution in [0.4, 0.5) is 0 Å². The normalized spacial score (nSPS) is 10.8. The van der Waals surface area contributed by atoms with Crippen LogP contribution < -0.4 is 5.32 Å². The molecule has 0 aliphatic rings. The van der Waals surface area contributed by atoms with E-state index in [0.29, 0.717) is 0 Å². The molecule has 10 heavy (non-hydrogen) atoms. The van der Waals surface area contributed by atoms with E-state index in [1.54, 1.807) is 6.07 Å². The van der Waals surface area contributed by atoms with Crippen molar-refractivity contribution in [1.29, 1.82) is 5.26 Å². The molecular weight excluding hydrogens is 156 g/mol. The topological polar surface area (TPSA) is 90.2 Å². The summed E-state index contributed by atoms with van der Waals surface area (Å²) < 4.78 is 28.2. The Morgan fingerprint density at radius 2 is 2.20 bits per heavy atom. The molecule has 0 aromatic heterocycles. The Labute approximate surface area is 59.4 Å². The van der Waals surface area contributed by atoms with Gasteiger partial charge in [-0.05, 0) is 0 Å². The zero-order valence-electron chi connectivity index (χ0n) is 5.24. The van der Waals surface area contributed by atoms with Crippen LogP contribution in [-0.2, 0) is 10.1 Å². The van der Waals surface area contributed by atoms with E-state index in [1.807, 2.05) is 0 Å². The summed E-state index contributed by atoms with van der Waals surface area (Å²) in [5.74, 6) is -0.353. The predicted molar refractivity (Wildman–Crippen MR) is 34.9 cm³/mol. The van der Waals surface area contributed by atoms with Crippen LogP contribution >= 0.6 is 0 Å². The van der Waals surface area contributed by atoms with Crippen molar-refractivity contribution in [3.8, 4) is 6.07 Å². The van der Waals surface area contributed by atoms with Crippen LogP contribution in [0.5, 0.6) is 0 Å². The Balaban J connectivity index is 3.32. The summed E-state index contributed by atoms with van der Waals surface area (Å²) in [6.45, 7) is 0.196. The van der Waals surface area contributed by atoms with Gasteiger partial charge in [-0.2, -0.15) is 13.7 Å². The van der Waals surface area contributed by atoms with Crippen molar-refractivity contribution in [2.24, 2.45) is 0 Å². The van der Waals surface area contributed by atoms with Crippen LogP contribution in [0, 0.1) is 11.3 Å². The molecule has 0 amide bonds. The van der Waals surface area contributed by atoms with Crippen molar-refractivity contribution >= 4 is 10.1 Å². The molecule has 0 spiro atoms. The number of hydrogen-bond donors (Lipinski definition) is 2. The van der Waals surface area contributed by atoms with Crippen molar-refractivity contribution in [2.45, 2.75) is 0 Å². The Hall–Kier alpha value is -0.640. The number of rotatable bonds is 4. The van der Waals surface area contributed by atoms with E-state index >= 15 is 0 Å². The third-order valence-electron chi connectivity index (χ3n) is 0.741. The maximum Gasteiger partial charge on any atom is 0.266 e. The van der Waals surface area contributed by atoms with E-state index in [1.165, 1.54) is 0 Å². The summed E-state index contributed by atoms with van der Waals surface area (Å²) in [7, 11) is -3.88. The van der Waals surface area contributed by atoms with E-state index in [-0.39, 0.29) is 18.8 Å². The first kappa shape index (κ1) is 9.36. The Kier molecular flexibility index (Phi) is 3.95. The molecule has 0 heterocycles. The van der Waals surface area contributed by atoms with Gasteiger partial charge in [-0.1, -0.05) is 0 Å². The third-order valence-corrected chi connectivity index (χ3v) is 1.46. The van der Waals surface area contributed by atoms with Gasteiger partial charge in [0.1, 0.15) is 0 Å². The molecule has 58 valence electrons. The first-order chi connectivity index (χ1) is 4.56. The quantitative estimate of drug-likeness (QED) is 0.315. The molecule has 0 atom stereocenters. The fraction of sp³-hybridized carbons (Fsp3) is 0.750. The minimum atomic E-state index is -3.88. The van der Waals surface area contributed by atoms with Crippen LogP contribution in [0.2, 0.25) is 0 Å². The minimum absolute atomic E-state index is 0.0928. The number of nitrogens with zero attached hydrogens (tertiary/aromatic N) is 1. The highest BCUT2D eigenvalue weighted by Gasteiger charge is 2.01. The smallest absolute Gasteiger partial charge is 0.266 e. The Morgan fingerprint density at radius 3 is 2.60 bits per heavy atom. The molecule has 0 saturated heterocycles. The second-order valence-corrected chi connectivity index (χ2v) is 3.19. The number of nitrogens with one attached hydrogen (secondary N) is 1. The zero-order chi connectivity index (χ0) is 8.04. The zero-order valence-corrected chi connectivity index (χ0v) is 6.06. The molecule has 2 N–H and O–H groups in total. The molecule has 0 radical (unpaired) electrons. The van der Waals surface area contributed by atoms with Gasteiger partial charge in [0.2, 0.25) is 0 Å². The summed E-state index contributed by atoms with van der Waals surface area (Å²) in [5.41, 5.74) is 0. The van der Waals surface area contributed by atoms with E-state index in [2.05, 4.69) is 5.32 Å². The summed E-state index contributed by atoms with van der Waals surface area (Å²) in [5, 5.41) is 10.5. The van der Waals surface area contributed by atoms with Crippen molar-refractivity contribution in [2.75, 3.05) is 18.8 Å². The van der Waals surface area contributed by atoms with Gasteiger partial charge >= 0.3 is 0 Å². The lowest BCUT2D eigenvalue weighted by Crippen LogP contribution is -2.22. The highest BCUT2D eigenvalue weighted by atomic mass is 32.2. The van der Waals surface area contributed by atoms with Gasteiger partial charge in [0.05, 0.1) is 18.4 Å². The summed E-state index contributed by atoms with van der Waals surface area (Å²) in [4.78, 5) is 0. The van der Waals surface area contributed by atoms with Crippen molar-refractivity contribution in [1.82, 2.24) is 5.32 Å². The fourth-order valence-electron chi connectivity index (χ4n) is 0.345. The van der Waals surface area contributed by atoms with Crippen LogP contribution in [0.15, 0.2) is 0 Å². The molecule has 6 heteroatoms. The van der Waals surface area contributed by atoms with E-state index in [4.69, 9.17) is 9.81 Å². The summed E-state index contributed by atoms with van der Waals surface area (Å²) in [6.07, 6.45) is 0. The van der Waals surface area contributed by atoms with Gasteiger partial charge < -0.3 is 5.32 Å². The van der Waals surface area contributed by atoms with Gasteiger partial charge in [-0.25, -0.2) is 0 Å². The Morgan fingerprint density at radius 1 is 1.60 bits per heavy atom. The van der Waals surface area contributed by atoms with Crippen molar-refractivity contribution in [3.05, 3.63) is 0 Å². The van der Waals surface area contributed by atoms with Crippen LogP contribution in [0.1, 0.15) is 0 Å². The second kappa shape index (κ2) is 4.22. The maximum atomic E-state index is 10.0. The van der Waals surface area contributed by atoms with Crippen LogP contribution in [0.25, 0.3) is 0 Å². The van der Waals surface area contributed by atoms with Gasteiger partial charge in [0, 0.05) is 6.54 Å². The molecule has 0 bridgehead atoms.